The second-order valence-electron chi connectivity index (χ2n) is 4.22. The fourth-order valence-electron chi connectivity index (χ4n) is 1.65. The highest BCUT2D eigenvalue weighted by atomic mass is 32.2. The Labute approximate surface area is 105 Å². The number of nitrogens with zero attached hydrogens (tertiary/aromatic N) is 3. The normalized spacial score (nSPS) is 19.9. The minimum Gasteiger partial charge on any atom is -0.363 e. The van der Waals surface area contributed by atoms with E-state index in [1.807, 2.05) is 25.1 Å². The summed E-state index contributed by atoms with van der Waals surface area (Å²) in [5.74, 6) is 1.43. The van der Waals surface area contributed by atoms with Gasteiger partial charge in [0.1, 0.15) is 5.82 Å². The first-order valence-electron chi connectivity index (χ1n) is 5.34. The molecule has 0 aliphatic carbocycles. The lowest BCUT2D eigenvalue weighted by Gasteiger charge is -2.19. The van der Waals surface area contributed by atoms with Gasteiger partial charge in [0.05, 0.1) is 17.9 Å². The maximum Gasteiger partial charge on any atom is 0.244 e. The molecule has 6 heteroatoms. The molecule has 0 bridgehead atoms. The molecule has 92 valence electrons. The van der Waals surface area contributed by atoms with Crippen LogP contribution in [0.15, 0.2) is 17.2 Å². The van der Waals surface area contributed by atoms with Gasteiger partial charge in [-0.3, -0.25) is 4.79 Å². The molecule has 1 aromatic rings. The van der Waals surface area contributed by atoms with Gasteiger partial charge in [-0.1, -0.05) is 0 Å². The molecule has 2 heterocycles. The molecular formula is C11H16N4OS. The predicted molar refractivity (Wildman–Crippen MR) is 70.7 cm³/mol. The second-order valence-corrected chi connectivity index (χ2v) is 5.28. The van der Waals surface area contributed by atoms with Crippen LogP contribution in [-0.4, -0.2) is 43.8 Å². The second kappa shape index (κ2) is 4.54. The van der Waals surface area contributed by atoms with E-state index in [9.17, 15) is 4.79 Å². The molecule has 0 saturated carbocycles. The summed E-state index contributed by atoms with van der Waals surface area (Å²) >= 11 is 1.60. The van der Waals surface area contributed by atoms with Crippen molar-refractivity contribution in [3.63, 3.8) is 0 Å². The number of likely N-dealkylation sites (N-methyl/N-ethyl adjacent to an activating group) is 1. The Balaban J connectivity index is 2.43. The van der Waals surface area contributed by atoms with Crippen LogP contribution in [0.2, 0.25) is 0 Å². The van der Waals surface area contributed by atoms with Gasteiger partial charge in [-0.15, -0.1) is 11.8 Å². The number of nitrogens with two attached hydrogens (primary N) is 1. The molecule has 0 saturated heterocycles. The van der Waals surface area contributed by atoms with E-state index in [2.05, 4.69) is 4.98 Å². The first kappa shape index (κ1) is 12.2. The van der Waals surface area contributed by atoms with E-state index >= 15 is 0 Å². The first-order valence-corrected chi connectivity index (χ1v) is 6.32. The van der Waals surface area contributed by atoms with Crippen molar-refractivity contribution in [3.05, 3.63) is 12.3 Å². The Hall–Kier alpha value is -1.27. The van der Waals surface area contributed by atoms with Gasteiger partial charge in [0, 0.05) is 31.8 Å². The van der Waals surface area contributed by atoms with E-state index in [0.717, 1.165) is 16.4 Å². The predicted octanol–water partition coefficient (Wildman–Crippen LogP) is 0.543. The Kier molecular flexibility index (Phi) is 3.26. The highest BCUT2D eigenvalue weighted by molar-refractivity contribution is 7.99. The van der Waals surface area contributed by atoms with Gasteiger partial charge in [-0.05, 0) is 6.07 Å². The molecule has 0 aromatic carbocycles. The van der Waals surface area contributed by atoms with Crippen LogP contribution in [0.5, 0.6) is 0 Å². The van der Waals surface area contributed by atoms with Crippen LogP contribution in [-0.2, 0) is 4.79 Å². The van der Waals surface area contributed by atoms with Crippen LogP contribution in [0.4, 0.5) is 11.5 Å². The number of pyridine rings is 1. The molecule has 1 atom stereocenters. The number of aromatic nitrogens is 1. The molecule has 5 nitrogen and oxygen atoms in total. The molecule has 2 N–H and O–H groups in total. The quantitative estimate of drug-likeness (QED) is 0.790. The summed E-state index contributed by atoms with van der Waals surface area (Å²) in [6.45, 7) is 0. The van der Waals surface area contributed by atoms with E-state index in [1.54, 1.807) is 29.9 Å². The zero-order valence-corrected chi connectivity index (χ0v) is 11.0. The van der Waals surface area contributed by atoms with Gasteiger partial charge in [0.15, 0.2) is 0 Å². The molecule has 1 aliphatic heterocycles. The Morgan fingerprint density at radius 1 is 1.59 bits per heavy atom. The molecule has 0 radical (unpaired) electrons. The fourth-order valence-corrected chi connectivity index (χ4v) is 2.68. The SMILES string of the molecule is CN(C)c1cc2c(cn1)N(C)C(=O)[C@@H](N)CS2. The Bertz CT molecular complexity index is 449. The van der Waals surface area contributed by atoms with E-state index in [0.29, 0.717) is 5.75 Å². The number of hydrogen-bond donors (Lipinski definition) is 1. The zero-order valence-electron chi connectivity index (χ0n) is 10.2. The standard InChI is InChI=1S/C11H16N4OS/c1-14(2)10-4-9-8(5-13-10)15(3)11(16)7(12)6-17-9/h4-5,7H,6,12H2,1-3H3/t7-/m0/s1. The summed E-state index contributed by atoms with van der Waals surface area (Å²) in [5, 5.41) is 0. The monoisotopic (exact) mass is 252 g/mol. The lowest BCUT2D eigenvalue weighted by Crippen LogP contribution is -2.42. The van der Waals surface area contributed by atoms with Crippen molar-refractivity contribution >= 4 is 29.2 Å². The van der Waals surface area contributed by atoms with Crippen LogP contribution < -0.4 is 15.5 Å². The van der Waals surface area contributed by atoms with Crippen LogP contribution in [0.25, 0.3) is 0 Å². The van der Waals surface area contributed by atoms with Gasteiger partial charge >= 0.3 is 0 Å². The minimum atomic E-state index is -0.444. The summed E-state index contributed by atoms with van der Waals surface area (Å²) in [6, 6.07) is 1.54. The number of hydrogen-bond acceptors (Lipinski definition) is 5. The zero-order chi connectivity index (χ0) is 12.6. The Morgan fingerprint density at radius 3 is 2.94 bits per heavy atom. The fraction of sp³-hybridized carbons (Fsp3) is 0.455. The third-order valence-corrected chi connectivity index (χ3v) is 3.88. The van der Waals surface area contributed by atoms with E-state index in [-0.39, 0.29) is 5.91 Å². The van der Waals surface area contributed by atoms with E-state index < -0.39 is 6.04 Å². The van der Waals surface area contributed by atoms with Crippen LogP contribution in [0.1, 0.15) is 0 Å². The average Bonchev–Trinajstić information content (AvgIpc) is 2.42. The van der Waals surface area contributed by atoms with Gasteiger partial charge in [-0.2, -0.15) is 0 Å². The van der Waals surface area contributed by atoms with Gasteiger partial charge in [0.2, 0.25) is 5.91 Å². The van der Waals surface area contributed by atoms with Crippen molar-refractivity contribution in [2.45, 2.75) is 10.9 Å². The number of thioether (sulfide) groups is 1. The number of carbonyl (C=O) groups is 1. The number of fused-ring (bicyclic) bond motifs is 1. The number of anilines is 2. The molecule has 1 aromatic heterocycles. The van der Waals surface area contributed by atoms with Crippen molar-refractivity contribution < 1.29 is 4.79 Å². The van der Waals surface area contributed by atoms with Crippen molar-refractivity contribution in [1.29, 1.82) is 0 Å². The topological polar surface area (TPSA) is 62.5 Å². The van der Waals surface area contributed by atoms with Crippen molar-refractivity contribution in [1.82, 2.24) is 4.98 Å². The lowest BCUT2D eigenvalue weighted by atomic mass is 10.3. The summed E-state index contributed by atoms with van der Waals surface area (Å²) in [7, 11) is 5.62. The maximum absolute atomic E-state index is 11.9. The third kappa shape index (κ3) is 2.23. The van der Waals surface area contributed by atoms with Crippen molar-refractivity contribution in [2.75, 3.05) is 36.7 Å². The summed E-state index contributed by atoms with van der Waals surface area (Å²) in [6.07, 6.45) is 1.73. The van der Waals surface area contributed by atoms with Crippen molar-refractivity contribution in [3.8, 4) is 0 Å². The van der Waals surface area contributed by atoms with E-state index in [4.69, 9.17) is 5.73 Å². The smallest absolute Gasteiger partial charge is 0.244 e. The summed E-state index contributed by atoms with van der Waals surface area (Å²) in [5.41, 5.74) is 6.64. The van der Waals surface area contributed by atoms with Crippen molar-refractivity contribution in [2.24, 2.45) is 5.73 Å². The Morgan fingerprint density at radius 2 is 2.29 bits per heavy atom. The maximum atomic E-state index is 11.9. The van der Waals surface area contributed by atoms with Crippen LogP contribution in [0.3, 0.4) is 0 Å². The minimum absolute atomic E-state index is 0.0596. The molecule has 2 rings (SSSR count). The lowest BCUT2D eigenvalue weighted by molar-refractivity contribution is -0.119. The number of amides is 1. The van der Waals surface area contributed by atoms with E-state index in [1.165, 1.54) is 0 Å². The third-order valence-electron chi connectivity index (χ3n) is 2.72. The molecule has 0 fully saturated rings. The number of carbonyl (C=O) groups excluding carboxylic acids is 1. The largest absolute Gasteiger partial charge is 0.363 e. The highest BCUT2D eigenvalue weighted by Gasteiger charge is 2.26. The molecule has 17 heavy (non-hydrogen) atoms. The van der Waals surface area contributed by atoms with Gasteiger partial charge < -0.3 is 15.5 Å². The molecule has 1 aliphatic rings. The van der Waals surface area contributed by atoms with Gasteiger partial charge in [-0.25, -0.2) is 4.98 Å². The summed E-state index contributed by atoms with van der Waals surface area (Å²) in [4.78, 5) is 20.8. The molecular weight excluding hydrogens is 236 g/mol. The highest BCUT2D eigenvalue weighted by Crippen LogP contribution is 2.34. The van der Waals surface area contributed by atoms with Crippen LogP contribution in [0, 0.1) is 0 Å². The number of rotatable bonds is 1. The van der Waals surface area contributed by atoms with Gasteiger partial charge in [0.25, 0.3) is 0 Å². The summed E-state index contributed by atoms with van der Waals surface area (Å²) < 4.78 is 0. The average molecular weight is 252 g/mol. The first-order chi connectivity index (χ1) is 8.00. The molecule has 0 spiro atoms. The van der Waals surface area contributed by atoms with Crippen LogP contribution >= 0.6 is 11.8 Å². The molecule has 0 unspecified atom stereocenters. The molecule has 1 amide bonds.